The molecule has 1 aromatic heterocycles. The molecule has 23 heavy (non-hydrogen) atoms. The Morgan fingerprint density at radius 3 is 2.57 bits per heavy atom. The second-order valence-electron chi connectivity index (χ2n) is 5.17. The van der Waals surface area contributed by atoms with E-state index in [9.17, 15) is 14.9 Å². The molecule has 0 saturated carbocycles. The van der Waals surface area contributed by atoms with Crippen molar-refractivity contribution in [1.82, 2.24) is 15.1 Å². The molecule has 8 nitrogen and oxygen atoms in total. The Bertz CT molecular complexity index is 714. The van der Waals surface area contributed by atoms with Crippen molar-refractivity contribution in [2.75, 3.05) is 31.1 Å². The Hall–Kier alpha value is -3.03. The largest absolute Gasteiger partial charge is 0.352 e. The van der Waals surface area contributed by atoms with Crippen molar-refractivity contribution in [2.45, 2.75) is 0 Å². The summed E-state index contributed by atoms with van der Waals surface area (Å²) in [7, 11) is 0. The molecule has 2 aromatic rings. The molecule has 1 aliphatic rings. The molecule has 8 heteroatoms. The summed E-state index contributed by atoms with van der Waals surface area (Å²) in [5.74, 6) is 0.599. The summed E-state index contributed by atoms with van der Waals surface area (Å²) in [4.78, 5) is 26.6. The van der Waals surface area contributed by atoms with Crippen LogP contribution in [-0.4, -0.2) is 52.1 Å². The minimum atomic E-state index is -0.497. The van der Waals surface area contributed by atoms with Crippen molar-refractivity contribution in [1.29, 1.82) is 0 Å². The first-order valence-corrected chi connectivity index (χ1v) is 7.21. The SMILES string of the molecule is O=C(c1cccc([N+](=O)[O-])c1)N1CCN(c2cccnn2)CC1. The quantitative estimate of drug-likeness (QED) is 0.627. The van der Waals surface area contributed by atoms with Crippen LogP contribution in [0.4, 0.5) is 11.5 Å². The Morgan fingerprint density at radius 1 is 1.13 bits per heavy atom. The molecule has 0 aliphatic carbocycles. The molecule has 2 heterocycles. The van der Waals surface area contributed by atoms with E-state index in [0.29, 0.717) is 31.7 Å². The summed E-state index contributed by atoms with van der Waals surface area (Å²) in [5.41, 5.74) is 0.265. The smallest absolute Gasteiger partial charge is 0.270 e. The van der Waals surface area contributed by atoms with Gasteiger partial charge in [-0.25, -0.2) is 0 Å². The number of carbonyl (C=O) groups excluding carboxylic acids is 1. The molecule has 1 saturated heterocycles. The highest BCUT2D eigenvalue weighted by atomic mass is 16.6. The molecule has 0 unspecified atom stereocenters. The van der Waals surface area contributed by atoms with Crippen molar-refractivity contribution in [2.24, 2.45) is 0 Å². The van der Waals surface area contributed by atoms with E-state index in [1.54, 1.807) is 17.2 Å². The average molecular weight is 313 g/mol. The number of piperazine rings is 1. The third-order valence-corrected chi connectivity index (χ3v) is 3.75. The Balaban J connectivity index is 1.66. The molecule has 0 N–H and O–H groups in total. The van der Waals surface area contributed by atoms with Gasteiger partial charge in [-0.15, -0.1) is 5.10 Å². The maximum Gasteiger partial charge on any atom is 0.270 e. The van der Waals surface area contributed by atoms with Crippen LogP contribution in [0.5, 0.6) is 0 Å². The van der Waals surface area contributed by atoms with Gasteiger partial charge >= 0.3 is 0 Å². The van der Waals surface area contributed by atoms with Crippen LogP contribution >= 0.6 is 0 Å². The molecule has 0 radical (unpaired) electrons. The molecule has 0 atom stereocenters. The lowest BCUT2D eigenvalue weighted by Gasteiger charge is -2.35. The van der Waals surface area contributed by atoms with Gasteiger partial charge < -0.3 is 9.80 Å². The lowest BCUT2D eigenvalue weighted by molar-refractivity contribution is -0.384. The highest BCUT2D eigenvalue weighted by molar-refractivity contribution is 5.95. The van der Waals surface area contributed by atoms with Gasteiger partial charge in [-0.1, -0.05) is 6.07 Å². The van der Waals surface area contributed by atoms with Crippen LogP contribution in [0.3, 0.4) is 0 Å². The summed E-state index contributed by atoms with van der Waals surface area (Å²) in [5, 5.41) is 18.7. The monoisotopic (exact) mass is 313 g/mol. The van der Waals surface area contributed by atoms with E-state index in [1.807, 2.05) is 12.1 Å². The lowest BCUT2D eigenvalue weighted by atomic mass is 10.1. The third-order valence-electron chi connectivity index (χ3n) is 3.75. The molecule has 1 fully saturated rings. The zero-order valence-electron chi connectivity index (χ0n) is 12.3. The molecule has 1 aromatic carbocycles. The van der Waals surface area contributed by atoms with Crippen molar-refractivity contribution in [3.05, 3.63) is 58.3 Å². The summed E-state index contributed by atoms with van der Waals surface area (Å²) in [6, 6.07) is 9.53. The zero-order chi connectivity index (χ0) is 16.2. The number of carbonyl (C=O) groups is 1. The molecule has 1 amide bonds. The predicted molar refractivity (Wildman–Crippen MR) is 83.2 cm³/mol. The van der Waals surface area contributed by atoms with Crippen LogP contribution in [0.25, 0.3) is 0 Å². The highest BCUT2D eigenvalue weighted by Crippen LogP contribution is 2.17. The molecule has 1 aliphatic heterocycles. The van der Waals surface area contributed by atoms with Crippen LogP contribution < -0.4 is 4.90 Å². The summed E-state index contributed by atoms with van der Waals surface area (Å²) in [6.07, 6.45) is 1.62. The van der Waals surface area contributed by atoms with Gasteiger partial charge in [-0.3, -0.25) is 14.9 Å². The number of anilines is 1. The van der Waals surface area contributed by atoms with E-state index >= 15 is 0 Å². The topological polar surface area (TPSA) is 92.5 Å². The Morgan fingerprint density at radius 2 is 1.91 bits per heavy atom. The lowest BCUT2D eigenvalue weighted by Crippen LogP contribution is -2.49. The number of non-ortho nitro benzene ring substituents is 1. The van der Waals surface area contributed by atoms with Crippen molar-refractivity contribution >= 4 is 17.4 Å². The van der Waals surface area contributed by atoms with E-state index in [-0.39, 0.29) is 11.6 Å². The molecule has 0 spiro atoms. The van der Waals surface area contributed by atoms with Gasteiger partial charge in [0, 0.05) is 50.1 Å². The second-order valence-corrected chi connectivity index (χ2v) is 5.17. The van der Waals surface area contributed by atoms with Crippen LogP contribution in [0.15, 0.2) is 42.6 Å². The Labute approximate surface area is 132 Å². The fraction of sp³-hybridized carbons (Fsp3) is 0.267. The standard InChI is InChI=1S/C15H15N5O3/c21-15(12-3-1-4-13(11-12)20(22)23)19-9-7-18(8-10-19)14-5-2-6-16-17-14/h1-6,11H,7-10H2. The number of amides is 1. The third kappa shape index (κ3) is 3.25. The van der Waals surface area contributed by atoms with Crippen molar-refractivity contribution < 1.29 is 9.72 Å². The van der Waals surface area contributed by atoms with Gasteiger partial charge in [0.1, 0.15) is 0 Å². The number of rotatable bonds is 3. The number of benzene rings is 1. The van der Waals surface area contributed by atoms with Crippen LogP contribution in [0.2, 0.25) is 0 Å². The second kappa shape index (κ2) is 6.39. The van der Waals surface area contributed by atoms with Crippen LogP contribution in [-0.2, 0) is 0 Å². The van der Waals surface area contributed by atoms with Gasteiger partial charge in [0.05, 0.1) is 4.92 Å². The van der Waals surface area contributed by atoms with Crippen LogP contribution in [0.1, 0.15) is 10.4 Å². The normalized spacial score (nSPS) is 14.6. The summed E-state index contributed by atoms with van der Waals surface area (Å²) in [6.45, 7) is 2.38. The van der Waals surface area contributed by atoms with Crippen molar-refractivity contribution in [3.63, 3.8) is 0 Å². The number of aromatic nitrogens is 2. The van der Waals surface area contributed by atoms with Crippen LogP contribution in [0, 0.1) is 10.1 Å². The fourth-order valence-electron chi connectivity index (χ4n) is 2.54. The number of nitrogens with zero attached hydrogens (tertiary/aromatic N) is 5. The molecule has 118 valence electrons. The zero-order valence-corrected chi connectivity index (χ0v) is 12.3. The highest BCUT2D eigenvalue weighted by Gasteiger charge is 2.23. The number of nitro benzene ring substituents is 1. The first-order valence-electron chi connectivity index (χ1n) is 7.21. The van der Waals surface area contributed by atoms with E-state index in [2.05, 4.69) is 15.1 Å². The summed E-state index contributed by atoms with van der Waals surface area (Å²) < 4.78 is 0. The first kappa shape index (κ1) is 14.9. The molecular weight excluding hydrogens is 298 g/mol. The van der Waals surface area contributed by atoms with Gasteiger partial charge in [0.15, 0.2) is 5.82 Å². The maximum absolute atomic E-state index is 12.5. The molecule has 0 bridgehead atoms. The number of hydrogen-bond donors (Lipinski definition) is 0. The van der Waals surface area contributed by atoms with E-state index < -0.39 is 4.92 Å². The van der Waals surface area contributed by atoms with Gasteiger partial charge in [-0.05, 0) is 18.2 Å². The fourth-order valence-corrected chi connectivity index (χ4v) is 2.54. The molecule has 3 rings (SSSR count). The van der Waals surface area contributed by atoms with Gasteiger partial charge in [0.2, 0.25) is 0 Å². The molecular formula is C15H15N5O3. The first-order chi connectivity index (χ1) is 11.1. The number of hydrogen-bond acceptors (Lipinski definition) is 6. The average Bonchev–Trinajstić information content (AvgIpc) is 2.62. The summed E-state index contributed by atoms with van der Waals surface area (Å²) >= 11 is 0. The van der Waals surface area contributed by atoms with E-state index in [0.717, 1.165) is 5.82 Å². The minimum absolute atomic E-state index is 0.0750. The Kier molecular flexibility index (Phi) is 4.13. The van der Waals surface area contributed by atoms with Crippen molar-refractivity contribution in [3.8, 4) is 0 Å². The minimum Gasteiger partial charge on any atom is -0.352 e. The van der Waals surface area contributed by atoms with E-state index in [1.165, 1.54) is 18.2 Å². The van der Waals surface area contributed by atoms with E-state index in [4.69, 9.17) is 0 Å². The maximum atomic E-state index is 12.5. The number of nitro groups is 1. The van der Waals surface area contributed by atoms with Gasteiger partial charge in [-0.2, -0.15) is 5.10 Å². The van der Waals surface area contributed by atoms with Gasteiger partial charge in [0.25, 0.3) is 11.6 Å². The predicted octanol–water partition coefficient (Wildman–Crippen LogP) is 1.35.